The van der Waals surface area contributed by atoms with E-state index in [0.29, 0.717) is 24.3 Å². The van der Waals surface area contributed by atoms with Crippen LogP contribution in [-0.4, -0.2) is 25.7 Å². The second-order valence-electron chi connectivity index (χ2n) is 6.16. The number of benzene rings is 1. The van der Waals surface area contributed by atoms with Gasteiger partial charge in [-0.1, -0.05) is 25.8 Å². The van der Waals surface area contributed by atoms with E-state index in [1.54, 1.807) is 6.92 Å². The fraction of sp³-hybridized carbons (Fsp3) is 0.600. The third kappa shape index (κ3) is 4.02. The highest BCUT2D eigenvalue weighted by atomic mass is 32.2. The number of rotatable bonds is 4. The Hall–Kier alpha value is -0.980. The summed E-state index contributed by atoms with van der Waals surface area (Å²) in [7, 11) is -3.80. The standard InChI is InChI=1S/C15H22FNO3S/c1-11-4-3-7-15(18,9-11)10-17-21(19,20)13-6-5-12(2)14(16)8-13/h5-6,8,11,17-18H,3-4,7,9-10H2,1-2H3. The van der Waals surface area contributed by atoms with Crippen LogP contribution < -0.4 is 4.72 Å². The molecular formula is C15H22FNO3S. The lowest BCUT2D eigenvalue weighted by Gasteiger charge is -2.35. The molecule has 0 amide bonds. The van der Waals surface area contributed by atoms with E-state index in [0.717, 1.165) is 18.9 Å². The van der Waals surface area contributed by atoms with Gasteiger partial charge in [0.2, 0.25) is 10.0 Å². The van der Waals surface area contributed by atoms with E-state index in [2.05, 4.69) is 4.72 Å². The number of halogens is 1. The average molecular weight is 315 g/mol. The molecule has 2 rings (SSSR count). The van der Waals surface area contributed by atoms with Crippen molar-refractivity contribution in [1.29, 1.82) is 0 Å². The molecule has 6 heteroatoms. The van der Waals surface area contributed by atoms with E-state index in [1.165, 1.54) is 12.1 Å². The van der Waals surface area contributed by atoms with Gasteiger partial charge in [0, 0.05) is 6.54 Å². The van der Waals surface area contributed by atoms with Crippen LogP contribution in [-0.2, 0) is 10.0 Å². The van der Waals surface area contributed by atoms with Gasteiger partial charge in [0.25, 0.3) is 0 Å². The highest BCUT2D eigenvalue weighted by molar-refractivity contribution is 7.89. The van der Waals surface area contributed by atoms with E-state index in [9.17, 15) is 17.9 Å². The molecule has 0 saturated heterocycles. The molecule has 4 nitrogen and oxygen atoms in total. The number of hydrogen-bond donors (Lipinski definition) is 2. The first-order chi connectivity index (χ1) is 9.72. The number of nitrogens with one attached hydrogen (secondary N) is 1. The summed E-state index contributed by atoms with van der Waals surface area (Å²) in [6.45, 7) is 3.59. The Morgan fingerprint density at radius 3 is 2.81 bits per heavy atom. The van der Waals surface area contributed by atoms with Crippen molar-refractivity contribution in [2.75, 3.05) is 6.54 Å². The zero-order valence-electron chi connectivity index (χ0n) is 12.4. The highest BCUT2D eigenvalue weighted by Gasteiger charge is 2.33. The van der Waals surface area contributed by atoms with Crippen molar-refractivity contribution in [2.45, 2.75) is 50.0 Å². The molecule has 21 heavy (non-hydrogen) atoms. The normalized spacial score (nSPS) is 26.8. The quantitative estimate of drug-likeness (QED) is 0.896. The number of hydrogen-bond acceptors (Lipinski definition) is 3. The zero-order chi connectivity index (χ0) is 15.7. The highest BCUT2D eigenvalue weighted by Crippen LogP contribution is 2.32. The summed E-state index contributed by atoms with van der Waals surface area (Å²) in [5, 5.41) is 10.4. The SMILES string of the molecule is Cc1ccc(S(=O)(=O)NCC2(O)CCCC(C)C2)cc1F. The molecule has 2 N–H and O–H groups in total. The van der Waals surface area contributed by atoms with Crippen molar-refractivity contribution in [3.05, 3.63) is 29.6 Å². The maximum atomic E-state index is 13.5. The van der Waals surface area contributed by atoms with Gasteiger partial charge in [-0.15, -0.1) is 0 Å². The minimum atomic E-state index is -3.80. The molecule has 0 aromatic heterocycles. The Kier molecular flexibility index (Phi) is 4.70. The smallest absolute Gasteiger partial charge is 0.240 e. The van der Waals surface area contributed by atoms with Crippen molar-refractivity contribution in [3.63, 3.8) is 0 Å². The molecule has 1 saturated carbocycles. The monoisotopic (exact) mass is 315 g/mol. The molecule has 0 bridgehead atoms. The van der Waals surface area contributed by atoms with Crippen molar-refractivity contribution in [2.24, 2.45) is 5.92 Å². The number of sulfonamides is 1. The van der Waals surface area contributed by atoms with Crippen LogP contribution in [0.4, 0.5) is 4.39 Å². The Morgan fingerprint density at radius 1 is 1.48 bits per heavy atom. The molecule has 1 fully saturated rings. The summed E-state index contributed by atoms with van der Waals surface area (Å²) < 4.78 is 40.2. The third-order valence-corrected chi connectivity index (χ3v) is 5.51. The molecular weight excluding hydrogens is 293 g/mol. The van der Waals surface area contributed by atoms with Crippen LogP contribution in [0.3, 0.4) is 0 Å². The summed E-state index contributed by atoms with van der Waals surface area (Å²) in [5.41, 5.74) is -0.609. The molecule has 2 atom stereocenters. The van der Waals surface area contributed by atoms with Crippen molar-refractivity contribution in [3.8, 4) is 0 Å². The predicted octanol–water partition coefficient (Wildman–Crippen LogP) is 2.35. The van der Waals surface area contributed by atoms with Gasteiger partial charge in [-0.25, -0.2) is 17.5 Å². The molecule has 1 aliphatic rings. The average Bonchev–Trinajstić information content (AvgIpc) is 2.40. The second kappa shape index (κ2) is 6.02. The molecule has 2 unspecified atom stereocenters. The van der Waals surface area contributed by atoms with Crippen LogP contribution in [0, 0.1) is 18.7 Å². The lowest BCUT2D eigenvalue weighted by Crippen LogP contribution is -2.45. The molecule has 118 valence electrons. The van der Waals surface area contributed by atoms with E-state index in [-0.39, 0.29) is 11.4 Å². The van der Waals surface area contributed by atoms with Crippen LogP contribution in [0.2, 0.25) is 0 Å². The third-order valence-electron chi connectivity index (χ3n) is 4.11. The first-order valence-corrected chi connectivity index (χ1v) is 8.68. The summed E-state index contributed by atoms with van der Waals surface area (Å²) >= 11 is 0. The Bertz CT molecular complexity index is 617. The first kappa shape index (κ1) is 16.4. The van der Waals surface area contributed by atoms with Crippen LogP contribution in [0.1, 0.15) is 38.2 Å². The maximum absolute atomic E-state index is 13.5. The predicted molar refractivity (Wildman–Crippen MR) is 78.9 cm³/mol. The summed E-state index contributed by atoms with van der Waals surface area (Å²) in [4.78, 5) is -0.113. The van der Waals surface area contributed by atoms with Gasteiger partial charge in [-0.05, 0) is 43.4 Å². The fourth-order valence-electron chi connectivity index (χ4n) is 2.85. The van der Waals surface area contributed by atoms with Crippen LogP contribution in [0.15, 0.2) is 23.1 Å². The maximum Gasteiger partial charge on any atom is 0.240 e. The van der Waals surface area contributed by atoms with Gasteiger partial charge in [0.15, 0.2) is 0 Å². The fourth-order valence-corrected chi connectivity index (χ4v) is 3.98. The topological polar surface area (TPSA) is 66.4 Å². The summed E-state index contributed by atoms with van der Waals surface area (Å²) in [5.74, 6) is -0.173. The van der Waals surface area contributed by atoms with E-state index >= 15 is 0 Å². The second-order valence-corrected chi connectivity index (χ2v) is 7.93. The van der Waals surface area contributed by atoms with Crippen molar-refractivity contribution < 1.29 is 17.9 Å². The molecule has 1 aliphatic carbocycles. The minimum Gasteiger partial charge on any atom is -0.389 e. The molecule has 1 aromatic rings. The van der Waals surface area contributed by atoms with Gasteiger partial charge in [-0.3, -0.25) is 0 Å². The number of aryl methyl sites for hydroxylation is 1. The van der Waals surface area contributed by atoms with Gasteiger partial charge in [-0.2, -0.15) is 0 Å². The minimum absolute atomic E-state index is 0.0326. The lowest BCUT2D eigenvalue weighted by molar-refractivity contribution is -0.00751. The Labute approximate surface area is 125 Å². The molecule has 0 heterocycles. The number of aliphatic hydroxyl groups is 1. The van der Waals surface area contributed by atoms with Crippen molar-refractivity contribution >= 4 is 10.0 Å². The van der Waals surface area contributed by atoms with Gasteiger partial charge in [0.05, 0.1) is 10.5 Å². The van der Waals surface area contributed by atoms with Crippen LogP contribution >= 0.6 is 0 Å². The zero-order valence-corrected chi connectivity index (χ0v) is 13.2. The lowest BCUT2D eigenvalue weighted by atomic mass is 9.79. The van der Waals surface area contributed by atoms with Crippen LogP contribution in [0.25, 0.3) is 0 Å². The molecule has 1 aromatic carbocycles. The van der Waals surface area contributed by atoms with Crippen molar-refractivity contribution in [1.82, 2.24) is 4.72 Å². The molecule has 0 radical (unpaired) electrons. The van der Waals surface area contributed by atoms with Gasteiger partial charge >= 0.3 is 0 Å². The summed E-state index contributed by atoms with van der Waals surface area (Å²) in [6, 6.07) is 3.81. The van der Waals surface area contributed by atoms with Gasteiger partial charge < -0.3 is 5.11 Å². The van der Waals surface area contributed by atoms with Crippen LogP contribution in [0.5, 0.6) is 0 Å². The van der Waals surface area contributed by atoms with E-state index in [4.69, 9.17) is 0 Å². The van der Waals surface area contributed by atoms with E-state index < -0.39 is 21.4 Å². The summed E-state index contributed by atoms with van der Waals surface area (Å²) in [6.07, 6.45) is 3.11. The molecule has 0 aliphatic heterocycles. The first-order valence-electron chi connectivity index (χ1n) is 7.20. The molecule has 0 spiro atoms. The van der Waals surface area contributed by atoms with Gasteiger partial charge in [0.1, 0.15) is 5.82 Å². The van der Waals surface area contributed by atoms with E-state index in [1.807, 2.05) is 6.92 Å². The Morgan fingerprint density at radius 2 is 2.19 bits per heavy atom. The largest absolute Gasteiger partial charge is 0.389 e. The Balaban J connectivity index is 2.09.